The first kappa shape index (κ1) is 11.0. The molecule has 2 aromatic heterocycles. The molecule has 3 rings (SSSR count). The van der Waals surface area contributed by atoms with Gasteiger partial charge in [0.05, 0.1) is 0 Å². The molecule has 1 fully saturated rings. The molecule has 0 bridgehead atoms. The first-order valence-corrected chi connectivity index (χ1v) is 6.09. The van der Waals surface area contributed by atoms with Gasteiger partial charge in [-0.1, -0.05) is 0 Å². The van der Waals surface area contributed by atoms with E-state index in [-0.39, 0.29) is 6.09 Å². The lowest BCUT2D eigenvalue weighted by atomic mass is 10.1. The SMILES string of the molecule is O=C(Oc1c[nH]c2nccnc12)N1CCCCC1. The van der Waals surface area contributed by atoms with Gasteiger partial charge in [-0.05, 0) is 19.3 Å². The van der Waals surface area contributed by atoms with Gasteiger partial charge in [0.15, 0.2) is 11.4 Å². The number of piperidine rings is 1. The molecular formula is C12H14N4O2. The third-order valence-electron chi connectivity index (χ3n) is 3.08. The maximum Gasteiger partial charge on any atom is 0.415 e. The molecule has 0 saturated carbocycles. The van der Waals surface area contributed by atoms with Crippen LogP contribution >= 0.6 is 0 Å². The van der Waals surface area contributed by atoms with Gasteiger partial charge >= 0.3 is 6.09 Å². The van der Waals surface area contributed by atoms with E-state index in [1.807, 2.05) is 0 Å². The van der Waals surface area contributed by atoms with Gasteiger partial charge in [-0.3, -0.25) is 0 Å². The minimum absolute atomic E-state index is 0.304. The van der Waals surface area contributed by atoms with Gasteiger partial charge in [-0.15, -0.1) is 0 Å². The van der Waals surface area contributed by atoms with Crippen LogP contribution in [0, 0.1) is 0 Å². The normalized spacial score (nSPS) is 15.9. The van der Waals surface area contributed by atoms with E-state index in [1.54, 1.807) is 23.5 Å². The quantitative estimate of drug-likeness (QED) is 0.834. The van der Waals surface area contributed by atoms with E-state index in [0.29, 0.717) is 16.9 Å². The number of ether oxygens (including phenoxy) is 1. The highest BCUT2D eigenvalue weighted by atomic mass is 16.6. The van der Waals surface area contributed by atoms with E-state index in [4.69, 9.17) is 4.74 Å². The summed E-state index contributed by atoms with van der Waals surface area (Å²) in [6, 6.07) is 0. The van der Waals surface area contributed by atoms with Crippen LogP contribution in [0.25, 0.3) is 11.2 Å². The Morgan fingerprint density at radius 2 is 2.00 bits per heavy atom. The molecule has 1 aliphatic heterocycles. The van der Waals surface area contributed by atoms with Crippen LogP contribution in [0.2, 0.25) is 0 Å². The van der Waals surface area contributed by atoms with Crippen LogP contribution in [0.4, 0.5) is 4.79 Å². The number of H-pyrrole nitrogens is 1. The summed E-state index contributed by atoms with van der Waals surface area (Å²) in [7, 11) is 0. The van der Waals surface area contributed by atoms with E-state index in [1.165, 1.54) is 6.42 Å². The van der Waals surface area contributed by atoms with Crippen molar-refractivity contribution in [3.63, 3.8) is 0 Å². The molecule has 1 saturated heterocycles. The molecule has 1 amide bonds. The van der Waals surface area contributed by atoms with Crippen LogP contribution in [0.15, 0.2) is 18.6 Å². The van der Waals surface area contributed by atoms with Crippen molar-refractivity contribution >= 4 is 17.3 Å². The number of fused-ring (bicyclic) bond motifs is 1. The molecule has 0 aliphatic carbocycles. The lowest BCUT2D eigenvalue weighted by Crippen LogP contribution is -2.37. The van der Waals surface area contributed by atoms with Crippen molar-refractivity contribution in [2.24, 2.45) is 0 Å². The zero-order chi connectivity index (χ0) is 12.4. The highest BCUT2D eigenvalue weighted by Gasteiger charge is 2.20. The Morgan fingerprint density at radius 3 is 2.83 bits per heavy atom. The fourth-order valence-electron chi connectivity index (χ4n) is 2.14. The lowest BCUT2D eigenvalue weighted by Gasteiger charge is -2.25. The van der Waals surface area contributed by atoms with Crippen LogP contribution in [-0.2, 0) is 0 Å². The molecule has 6 heteroatoms. The van der Waals surface area contributed by atoms with Crippen molar-refractivity contribution in [2.45, 2.75) is 19.3 Å². The zero-order valence-corrected chi connectivity index (χ0v) is 9.93. The molecule has 0 radical (unpaired) electrons. The fourth-order valence-corrected chi connectivity index (χ4v) is 2.14. The summed E-state index contributed by atoms with van der Waals surface area (Å²) in [5.74, 6) is 0.439. The molecule has 2 aromatic rings. The fraction of sp³-hybridized carbons (Fsp3) is 0.417. The smallest absolute Gasteiger partial charge is 0.406 e. The zero-order valence-electron chi connectivity index (χ0n) is 9.93. The molecule has 18 heavy (non-hydrogen) atoms. The van der Waals surface area contributed by atoms with Gasteiger partial charge in [0.25, 0.3) is 0 Å². The summed E-state index contributed by atoms with van der Waals surface area (Å²) in [6.45, 7) is 1.54. The molecule has 0 unspecified atom stereocenters. The Labute approximate surface area is 104 Å². The topological polar surface area (TPSA) is 71.1 Å². The number of rotatable bonds is 1. The number of aromatic nitrogens is 3. The van der Waals surface area contributed by atoms with E-state index in [9.17, 15) is 4.79 Å². The minimum atomic E-state index is -0.304. The second kappa shape index (κ2) is 4.64. The van der Waals surface area contributed by atoms with Crippen molar-refractivity contribution in [2.75, 3.05) is 13.1 Å². The largest absolute Gasteiger partial charge is 0.415 e. The molecule has 1 aliphatic rings. The van der Waals surface area contributed by atoms with Crippen LogP contribution < -0.4 is 4.74 Å². The average molecular weight is 246 g/mol. The molecule has 3 heterocycles. The summed E-state index contributed by atoms with van der Waals surface area (Å²) in [4.78, 5) is 24.9. The van der Waals surface area contributed by atoms with Crippen molar-refractivity contribution in [3.8, 4) is 5.75 Å². The summed E-state index contributed by atoms with van der Waals surface area (Å²) in [5.41, 5.74) is 1.21. The number of hydrogen-bond donors (Lipinski definition) is 1. The van der Waals surface area contributed by atoms with Crippen molar-refractivity contribution < 1.29 is 9.53 Å². The van der Waals surface area contributed by atoms with Gasteiger partial charge in [-0.2, -0.15) is 0 Å². The molecule has 94 valence electrons. The van der Waals surface area contributed by atoms with Crippen LogP contribution in [0.1, 0.15) is 19.3 Å². The van der Waals surface area contributed by atoms with Crippen LogP contribution in [0.3, 0.4) is 0 Å². The number of nitrogens with zero attached hydrogens (tertiary/aromatic N) is 3. The third-order valence-corrected chi connectivity index (χ3v) is 3.08. The molecule has 0 atom stereocenters. The second-order valence-electron chi connectivity index (χ2n) is 4.32. The first-order chi connectivity index (χ1) is 8.84. The summed E-state index contributed by atoms with van der Waals surface area (Å²) in [5, 5.41) is 0. The monoisotopic (exact) mass is 246 g/mol. The van der Waals surface area contributed by atoms with E-state index < -0.39 is 0 Å². The molecule has 1 N–H and O–H groups in total. The van der Waals surface area contributed by atoms with Gasteiger partial charge < -0.3 is 14.6 Å². The molecular weight excluding hydrogens is 232 g/mol. The van der Waals surface area contributed by atoms with Gasteiger partial charge in [0.2, 0.25) is 0 Å². The number of nitrogens with one attached hydrogen (secondary N) is 1. The standard InChI is InChI=1S/C12H14N4O2/c17-12(16-6-2-1-3-7-16)18-9-8-15-11-10(9)13-4-5-14-11/h4-5,8H,1-3,6-7H2,(H,14,15). The Hall–Kier alpha value is -2.11. The number of amides is 1. The highest BCUT2D eigenvalue weighted by molar-refractivity contribution is 5.82. The minimum Gasteiger partial charge on any atom is -0.406 e. The Kier molecular flexibility index (Phi) is 2.84. The van der Waals surface area contributed by atoms with Crippen LogP contribution in [0.5, 0.6) is 5.75 Å². The Morgan fingerprint density at radius 1 is 1.22 bits per heavy atom. The molecule has 6 nitrogen and oxygen atoms in total. The summed E-state index contributed by atoms with van der Waals surface area (Å²) in [6.07, 6.45) is 7.76. The number of carbonyl (C=O) groups is 1. The van der Waals surface area contributed by atoms with Gasteiger partial charge in [0.1, 0.15) is 5.52 Å². The number of carbonyl (C=O) groups excluding carboxylic acids is 1. The van der Waals surface area contributed by atoms with E-state index in [0.717, 1.165) is 25.9 Å². The predicted octanol–water partition coefficient (Wildman–Crippen LogP) is 1.94. The number of likely N-dealkylation sites (tertiary alicyclic amines) is 1. The highest BCUT2D eigenvalue weighted by Crippen LogP contribution is 2.22. The Balaban J connectivity index is 1.77. The van der Waals surface area contributed by atoms with Crippen molar-refractivity contribution in [1.82, 2.24) is 19.9 Å². The number of aromatic amines is 1. The maximum absolute atomic E-state index is 12.0. The second-order valence-corrected chi connectivity index (χ2v) is 4.32. The maximum atomic E-state index is 12.0. The first-order valence-electron chi connectivity index (χ1n) is 6.09. The van der Waals surface area contributed by atoms with E-state index >= 15 is 0 Å². The summed E-state index contributed by atoms with van der Waals surface area (Å²) >= 11 is 0. The van der Waals surface area contributed by atoms with Gasteiger partial charge in [-0.25, -0.2) is 14.8 Å². The van der Waals surface area contributed by atoms with Crippen LogP contribution in [-0.4, -0.2) is 39.0 Å². The van der Waals surface area contributed by atoms with E-state index in [2.05, 4.69) is 15.0 Å². The molecule has 0 aromatic carbocycles. The average Bonchev–Trinajstić information content (AvgIpc) is 2.83. The van der Waals surface area contributed by atoms with Crippen molar-refractivity contribution in [1.29, 1.82) is 0 Å². The Bertz CT molecular complexity index is 560. The third kappa shape index (κ3) is 2.01. The number of hydrogen-bond acceptors (Lipinski definition) is 4. The molecule has 0 spiro atoms. The van der Waals surface area contributed by atoms with Gasteiger partial charge in [0, 0.05) is 31.7 Å². The lowest BCUT2D eigenvalue weighted by molar-refractivity contribution is 0.143. The van der Waals surface area contributed by atoms with Crippen molar-refractivity contribution in [3.05, 3.63) is 18.6 Å². The summed E-state index contributed by atoms with van der Waals surface area (Å²) < 4.78 is 5.36. The predicted molar refractivity (Wildman–Crippen MR) is 65.3 cm³/mol.